The highest BCUT2D eigenvalue weighted by Crippen LogP contribution is 2.30. The van der Waals surface area contributed by atoms with E-state index in [1.54, 1.807) is 0 Å². The van der Waals surface area contributed by atoms with Crippen LogP contribution in [0.1, 0.15) is 25.7 Å². The van der Waals surface area contributed by atoms with Crippen LogP contribution in [-0.2, 0) is 0 Å². The highest BCUT2D eigenvalue weighted by Gasteiger charge is 2.33. The SMILES string of the molecule is CN(CCO)C1CCCN(C2CC2)C1. The molecule has 82 valence electrons. The molecule has 1 saturated heterocycles. The van der Waals surface area contributed by atoms with Gasteiger partial charge in [-0.1, -0.05) is 0 Å². The first-order chi connectivity index (χ1) is 6.81. The van der Waals surface area contributed by atoms with Crippen LogP contribution < -0.4 is 0 Å². The van der Waals surface area contributed by atoms with Crippen LogP contribution in [0.2, 0.25) is 0 Å². The first kappa shape index (κ1) is 10.4. The summed E-state index contributed by atoms with van der Waals surface area (Å²) in [6.45, 7) is 3.63. The Morgan fingerprint density at radius 1 is 1.36 bits per heavy atom. The molecular formula is C11H22N2O. The van der Waals surface area contributed by atoms with Crippen LogP contribution in [0.15, 0.2) is 0 Å². The van der Waals surface area contributed by atoms with Gasteiger partial charge in [0.15, 0.2) is 0 Å². The molecule has 1 atom stereocenters. The monoisotopic (exact) mass is 198 g/mol. The first-order valence-corrected chi connectivity index (χ1v) is 5.86. The van der Waals surface area contributed by atoms with E-state index < -0.39 is 0 Å². The van der Waals surface area contributed by atoms with Crippen molar-refractivity contribution in [3.05, 3.63) is 0 Å². The Bertz CT molecular complexity index is 182. The summed E-state index contributed by atoms with van der Waals surface area (Å²) in [6.07, 6.45) is 5.46. The van der Waals surface area contributed by atoms with Gasteiger partial charge in [-0.2, -0.15) is 0 Å². The van der Waals surface area contributed by atoms with Crippen LogP contribution in [0, 0.1) is 0 Å². The summed E-state index contributed by atoms with van der Waals surface area (Å²) in [5, 5.41) is 8.90. The van der Waals surface area contributed by atoms with Gasteiger partial charge < -0.3 is 5.11 Å². The molecule has 1 unspecified atom stereocenters. The molecule has 0 amide bonds. The van der Waals surface area contributed by atoms with Crippen molar-refractivity contribution in [3.8, 4) is 0 Å². The van der Waals surface area contributed by atoms with Gasteiger partial charge in [0.25, 0.3) is 0 Å². The van der Waals surface area contributed by atoms with E-state index in [1.807, 2.05) is 0 Å². The van der Waals surface area contributed by atoms with Gasteiger partial charge in [-0.3, -0.25) is 9.80 Å². The third kappa shape index (κ3) is 2.47. The number of rotatable bonds is 4. The maximum absolute atomic E-state index is 8.90. The third-order valence-corrected chi connectivity index (χ3v) is 3.57. The van der Waals surface area contributed by atoms with Gasteiger partial charge >= 0.3 is 0 Å². The fraction of sp³-hybridized carbons (Fsp3) is 1.00. The summed E-state index contributed by atoms with van der Waals surface area (Å²) in [5.74, 6) is 0. The fourth-order valence-corrected chi connectivity index (χ4v) is 2.45. The lowest BCUT2D eigenvalue weighted by molar-refractivity contribution is 0.0967. The minimum Gasteiger partial charge on any atom is -0.395 e. The summed E-state index contributed by atoms with van der Waals surface area (Å²) in [4.78, 5) is 4.95. The molecule has 1 saturated carbocycles. The molecule has 0 spiro atoms. The number of likely N-dealkylation sites (tertiary alicyclic amines) is 1. The normalized spacial score (nSPS) is 29.8. The fourth-order valence-electron chi connectivity index (χ4n) is 2.45. The second-order valence-corrected chi connectivity index (χ2v) is 4.73. The van der Waals surface area contributed by atoms with E-state index in [2.05, 4.69) is 16.8 Å². The number of hydrogen-bond acceptors (Lipinski definition) is 3. The maximum atomic E-state index is 8.90. The predicted octanol–water partition coefficient (Wildman–Crippen LogP) is 0.537. The average molecular weight is 198 g/mol. The smallest absolute Gasteiger partial charge is 0.0558 e. The van der Waals surface area contributed by atoms with E-state index in [0.29, 0.717) is 6.04 Å². The molecule has 1 heterocycles. The average Bonchev–Trinajstić information content (AvgIpc) is 3.02. The minimum atomic E-state index is 0.288. The molecular weight excluding hydrogens is 176 g/mol. The highest BCUT2D eigenvalue weighted by atomic mass is 16.3. The van der Waals surface area contributed by atoms with E-state index in [0.717, 1.165) is 12.6 Å². The highest BCUT2D eigenvalue weighted by molar-refractivity contribution is 4.89. The third-order valence-electron chi connectivity index (χ3n) is 3.57. The Hall–Kier alpha value is -0.120. The van der Waals surface area contributed by atoms with Gasteiger partial charge in [0.05, 0.1) is 6.61 Å². The summed E-state index contributed by atoms with van der Waals surface area (Å²) in [7, 11) is 2.14. The van der Waals surface area contributed by atoms with E-state index in [4.69, 9.17) is 5.11 Å². The second-order valence-electron chi connectivity index (χ2n) is 4.73. The molecule has 1 aliphatic heterocycles. The molecule has 1 aliphatic carbocycles. The van der Waals surface area contributed by atoms with Gasteiger partial charge in [-0.25, -0.2) is 0 Å². The molecule has 0 aromatic heterocycles. The van der Waals surface area contributed by atoms with Crippen LogP contribution in [-0.4, -0.2) is 60.3 Å². The van der Waals surface area contributed by atoms with Crippen molar-refractivity contribution < 1.29 is 5.11 Å². The zero-order chi connectivity index (χ0) is 9.97. The molecule has 1 N–H and O–H groups in total. The van der Waals surface area contributed by atoms with Crippen LogP contribution in [0.4, 0.5) is 0 Å². The standard InChI is InChI=1S/C11H22N2O/c1-12(7-8-14)11-3-2-6-13(9-11)10-4-5-10/h10-11,14H,2-9H2,1H3. The molecule has 0 bridgehead atoms. The number of piperidine rings is 1. The van der Waals surface area contributed by atoms with Crippen LogP contribution in [0.5, 0.6) is 0 Å². The van der Waals surface area contributed by atoms with Crippen molar-refractivity contribution in [2.24, 2.45) is 0 Å². The maximum Gasteiger partial charge on any atom is 0.0558 e. The van der Waals surface area contributed by atoms with Crippen molar-refractivity contribution in [2.75, 3.05) is 33.3 Å². The summed E-state index contributed by atoms with van der Waals surface area (Å²) in [6, 6.07) is 1.58. The first-order valence-electron chi connectivity index (χ1n) is 5.86. The Morgan fingerprint density at radius 3 is 2.79 bits per heavy atom. The van der Waals surface area contributed by atoms with Crippen molar-refractivity contribution in [1.29, 1.82) is 0 Å². The summed E-state index contributed by atoms with van der Waals surface area (Å²) < 4.78 is 0. The summed E-state index contributed by atoms with van der Waals surface area (Å²) in [5.41, 5.74) is 0. The molecule has 0 aromatic carbocycles. The largest absolute Gasteiger partial charge is 0.395 e. The molecule has 2 fully saturated rings. The molecule has 0 aromatic rings. The van der Waals surface area contributed by atoms with E-state index in [9.17, 15) is 0 Å². The molecule has 3 nitrogen and oxygen atoms in total. The second kappa shape index (κ2) is 4.60. The van der Waals surface area contributed by atoms with Gasteiger partial charge in [0.1, 0.15) is 0 Å². The number of aliphatic hydroxyl groups is 1. The Morgan fingerprint density at radius 2 is 2.14 bits per heavy atom. The Balaban J connectivity index is 1.80. The van der Waals surface area contributed by atoms with Gasteiger partial charge in [-0.15, -0.1) is 0 Å². The van der Waals surface area contributed by atoms with Gasteiger partial charge in [-0.05, 0) is 39.3 Å². The van der Waals surface area contributed by atoms with Crippen molar-refractivity contribution in [1.82, 2.24) is 9.80 Å². The van der Waals surface area contributed by atoms with Gasteiger partial charge in [0, 0.05) is 25.2 Å². The summed E-state index contributed by atoms with van der Waals surface area (Å²) >= 11 is 0. The Labute approximate surface area is 86.7 Å². The lowest BCUT2D eigenvalue weighted by Crippen LogP contribution is -2.47. The van der Waals surface area contributed by atoms with E-state index in [1.165, 1.54) is 38.8 Å². The minimum absolute atomic E-state index is 0.288. The molecule has 14 heavy (non-hydrogen) atoms. The zero-order valence-corrected chi connectivity index (χ0v) is 9.15. The van der Waals surface area contributed by atoms with Gasteiger partial charge in [0.2, 0.25) is 0 Å². The number of nitrogens with zero attached hydrogens (tertiary/aromatic N) is 2. The number of hydrogen-bond donors (Lipinski definition) is 1. The van der Waals surface area contributed by atoms with Crippen molar-refractivity contribution in [3.63, 3.8) is 0 Å². The van der Waals surface area contributed by atoms with E-state index in [-0.39, 0.29) is 6.61 Å². The molecule has 2 aliphatic rings. The zero-order valence-electron chi connectivity index (χ0n) is 9.15. The number of likely N-dealkylation sites (N-methyl/N-ethyl adjacent to an activating group) is 1. The quantitative estimate of drug-likeness (QED) is 0.714. The molecule has 0 radical (unpaired) electrons. The number of aliphatic hydroxyl groups excluding tert-OH is 1. The van der Waals surface area contributed by atoms with Crippen LogP contribution in [0.3, 0.4) is 0 Å². The van der Waals surface area contributed by atoms with Crippen molar-refractivity contribution in [2.45, 2.75) is 37.8 Å². The lowest BCUT2D eigenvalue weighted by atomic mass is 10.0. The van der Waals surface area contributed by atoms with Crippen LogP contribution in [0.25, 0.3) is 0 Å². The van der Waals surface area contributed by atoms with E-state index >= 15 is 0 Å². The van der Waals surface area contributed by atoms with Crippen LogP contribution >= 0.6 is 0 Å². The predicted molar refractivity (Wildman–Crippen MR) is 57.3 cm³/mol. The van der Waals surface area contributed by atoms with Crippen molar-refractivity contribution >= 4 is 0 Å². The molecule has 2 rings (SSSR count). The Kier molecular flexibility index (Phi) is 3.42. The lowest BCUT2D eigenvalue weighted by Gasteiger charge is -2.37. The molecule has 3 heteroatoms. The topological polar surface area (TPSA) is 26.7 Å².